The molecule has 0 bridgehead atoms. The Morgan fingerprint density at radius 3 is 2.24 bits per heavy atom. The molecule has 2 rings (SSSR count). The molecule has 0 amide bonds. The lowest BCUT2D eigenvalue weighted by atomic mass is 10.1. The van der Waals surface area contributed by atoms with Gasteiger partial charge in [-0.15, -0.1) is 0 Å². The molecule has 0 radical (unpaired) electrons. The number of fused-ring (bicyclic) bond motifs is 1. The van der Waals surface area contributed by atoms with Gasteiger partial charge in [-0.1, -0.05) is 24.3 Å². The van der Waals surface area contributed by atoms with E-state index in [4.69, 9.17) is 0 Å². The molecule has 1 aromatic rings. The first-order valence-corrected chi connectivity index (χ1v) is 6.59. The van der Waals surface area contributed by atoms with Crippen LogP contribution in [0.15, 0.2) is 24.3 Å². The van der Waals surface area contributed by atoms with Crippen molar-refractivity contribution >= 4 is 0 Å². The minimum absolute atomic E-state index is 0.244. The summed E-state index contributed by atoms with van der Waals surface area (Å²) in [7, 11) is 0. The highest BCUT2D eigenvalue weighted by atomic mass is 15.1. The Balaban J connectivity index is 1.70. The van der Waals surface area contributed by atoms with Crippen LogP contribution in [0.25, 0.3) is 0 Å². The van der Waals surface area contributed by atoms with Crippen molar-refractivity contribution in [3.8, 4) is 0 Å². The van der Waals surface area contributed by atoms with E-state index in [0.717, 1.165) is 19.6 Å². The van der Waals surface area contributed by atoms with Crippen molar-refractivity contribution in [3.05, 3.63) is 35.4 Å². The molecule has 1 aliphatic rings. The number of hydrogen-bond acceptors (Lipinski definition) is 2. The molecule has 2 nitrogen and oxygen atoms in total. The third-order valence-electron chi connectivity index (χ3n) is 3.21. The quantitative estimate of drug-likeness (QED) is 0.803. The number of rotatable bonds is 4. The maximum atomic E-state index is 3.54. The van der Waals surface area contributed by atoms with Crippen LogP contribution in [-0.4, -0.2) is 23.5 Å². The van der Waals surface area contributed by atoms with Gasteiger partial charge < -0.3 is 5.32 Å². The average Bonchev–Trinajstić information content (AvgIpc) is 2.65. The summed E-state index contributed by atoms with van der Waals surface area (Å²) in [5, 5.41) is 3.54. The fraction of sp³-hybridized carbons (Fsp3) is 0.600. The highest BCUT2D eigenvalue weighted by molar-refractivity contribution is 5.30. The smallest absolute Gasteiger partial charge is 0.0240 e. The number of benzene rings is 1. The molecule has 0 aromatic heterocycles. The minimum Gasteiger partial charge on any atom is -0.312 e. The molecular formula is C15H24N2. The van der Waals surface area contributed by atoms with Crippen LogP contribution < -0.4 is 5.32 Å². The minimum atomic E-state index is 0.244. The Hall–Kier alpha value is -0.860. The van der Waals surface area contributed by atoms with Crippen LogP contribution in [0.5, 0.6) is 0 Å². The maximum absolute atomic E-state index is 3.54. The highest BCUT2D eigenvalue weighted by Gasteiger charge is 2.17. The van der Waals surface area contributed by atoms with Crippen LogP contribution in [0, 0.1) is 0 Å². The molecular weight excluding hydrogens is 208 g/mol. The maximum Gasteiger partial charge on any atom is 0.0240 e. The molecule has 1 aliphatic heterocycles. The topological polar surface area (TPSA) is 15.3 Å². The Morgan fingerprint density at radius 2 is 1.71 bits per heavy atom. The first kappa shape index (κ1) is 12.6. The lowest BCUT2D eigenvalue weighted by Crippen LogP contribution is -2.37. The van der Waals surface area contributed by atoms with Crippen molar-refractivity contribution in [2.45, 2.75) is 45.8 Å². The van der Waals surface area contributed by atoms with Crippen LogP contribution in [0.4, 0.5) is 0 Å². The molecule has 0 spiro atoms. The van der Waals surface area contributed by atoms with E-state index in [1.165, 1.54) is 24.1 Å². The fourth-order valence-electron chi connectivity index (χ4n) is 2.33. The van der Waals surface area contributed by atoms with E-state index >= 15 is 0 Å². The van der Waals surface area contributed by atoms with Crippen molar-refractivity contribution in [1.82, 2.24) is 10.2 Å². The zero-order valence-electron chi connectivity index (χ0n) is 11.3. The summed E-state index contributed by atoms with van der Waals surface area (Å²) in [5.41, 5.74) is 3.26. The molecule has 2 heteroatoms. The molecule has 17 heavy (non-hydrogen) atoms. The molecule has 94 valence electrons. The summed E-state index contributed by atoms with van der Waals surface area (Å²) >= 11 is 0. The Morgan fingerprint density at radius 1 is 1.12 bits per heavy atom. The van der Waals surface area contributed by atoms with Crippen molar-refractivity contribution < 1.29 is 0 Å². The zero-order valence-corrected chi connectivity index (χ0v) is 11.3. The van der Waals surface area contributed by atoms with Gasteiger partial charge in [-0.3, -0.25) is 4.90 Å². The molecule has 0 aliphatic carbocycles. The molecule has 0 saturated heterocycles. The van der Waals surface area contributed by atoms with Gasteiger partial charge in [-0.25, -0.2) is 0 Å². The van der Waals surface area contributed by atoms with E-state index < -0.39 is 0 Å². The summed E-state index contributed by atoms with van der Waals surface area (Å²) in [6.07, 6.45) is 1.23. The van der Waals surface area contributed by atoms with Gasteiger partial charge in [0.05, 0.1) is 0 Å². The van der Waals surface area contributed by atoms with E-state index in [1.807, 2.05) is 0 Å². The van der Waals surface area contributed by atoms with E-state index in [-0.39, 0.29) is 5.54 Å². The van der Waals surface area contributed by atoms with Crippen LogP contribution in [0.2, 0.25) is 0 Å². The average molecular weight is 232 g/mol. The number of hydrogen-bond donors (Lipinski definition) is 1. The summed E-state index contributed by atoms with van der Waals surface area (Å²) in [6.45, 7) is 11.2. The molecule has 1 aromatic carbocycles. The molecule has 0 unspecified atom stereocenters. The number of nitrogens with zero attached hydrogens (tertiary/aromatic N) is 1. The Kier molecular flexibility index (Phi) is 3.85. The molecule has 0 saturated carbocycles. The van der Waals surface area contributed by atoms with Gasteiger partial charge in [0.15, 0.2) is 0 Å². The second-order valence-corrected chi connectivity index (χ2v) is 6.01. The lowest BCUT2D eigenvalue weighted by molar-refractivity contribution is 0.273. The summed E-state index contributed by atoms with van der Waals surface area (Å²) in [4.78, 5) is 2.54. The Labute approximate surface area is 105 Å². The highest BCUT2D eigenvalue weighted by Crippen LogP contribution is 2.21. The second kappa shape index (κ2) is 5.19. The van der Waals surface area contributed by atoms with Crippen LogP contribution in [-0.2, 0) is 13.1 Å². The largest absolute Gasteiger partial charge is 0.312 e. The van der Waals surface area contributed by atoms with Gasteiger partial charge in [0.2, 0.25) is 0 Å². The van der Waals surface area contributed by atoms with Crippen molar-refractivity contribution in [2.75, 3.05) is 13.1 Å². The third-order valence-corrected chi connectivity index (χ3v) is 3.21. The van der Waals surface area contributed by atoms with Gasteiger partial charge in [0.25, 0.3) is 0 Å². The SMILES string of the molecule is CC(C)(C)NCCCN1Cc2ccccc2C1. The molecule has 1 N–H and O–H groups in total. The molecule has 0 fully saturated rings. The lowest BCUT2D eigenvalue weighted by Gasteiger charge is -2.21. The third kappa shape index (κ3) is 3.83. The zero-order chi connectivity index (χ0) is 12.3. The van der Waals surface area contributed by atoms with Gasteiger partial charge in [-0.05, 0) is 44.9 Å². The monoisotopic (exact) mass is 232 g/mol. The Bertz CT molecular complexity index is 340. The van der Waals surface area contributed by atoms with E-state index in [2.05, 4.69) is 55.3 Å². The second-order valence-electron chi connectivity index (χ2n) is 6.01. The van der Waals surface area contributed by atoms with Crippen LogP contribution in [0.1, 0.15) is 38.3 Å². The summed E-state index contributed by atoms with van der Waals surface area (Å²) in [6, 6.07) is 8.79. The molecule has 1 heterocycles. The normalized spacial score (nSPS) is 16.2. The summed E-state index contributed by atoms with van der Waals surface area (Å²) < 4.78 is 0. The van der Waals surface area contributed by atoms with E-state index in [1.54, 1.807) is 0 Å². The van der Waals surface area contributed by atoms with Gasteiger partial charge >= 0.3 is 0 Å². The predicted octanol–water partition coefficient (Wildman–Crippen LogP) is 2.78. The van der Waals surface area contributed by atoms with Gasteiger partial charge in [0, 0.05) is 25.2 Å². The van der Waals surface area contributed by atoms with Gasteiger partial charge in [0.1, 0.15) is 0 Å². The summed E-state index contributed by atoms with van der Waals surface area (Å²) in [5.74, 6) is 0. The number of nitrogens with one attached hydrogen (secondary N) is 1. The van der Waals surface area contributed by atoms with E-state index in [9.17, 15) is 0 Å². The first-order valence-electron chi connectivity index (χ1n) is 6.59. The first-order chi connectivity index (χ1) is 8.04. The standard InChI is InChI=1S/C15H24N2/c1-15(2,3)16-9-6-10-17-11-13-7-4-5-8-14(13)12-17/h4-5,7-8,16H,6,9-12H2,1-3H3. The van der Waals surface area contributed by atoms with E-state index in [0.29, 0.717) is 0 Å². The van der Waals surface area contributed by atoms with Crippen molar-refractivity contribution in [2.24, 2.45) is 0 Å². The van der Waals surface area contributed by atoms with Crippen molar-refractivity contribution in [1.29, 1.82) is 0 Å². The predicted molar refractivity (Wildman–Crippen MR) is 72.9 cm³/mol. The fourth-order valence-corrected chi connectivity index (χ4v) is 2.33. The van der Waals surface area contributed by atoms with Crippen molar-refractivity contribution in [3.63, 3.8) is 0 Å². The van der Waals surface area contributed by atoms with Crippen LogP contribution >= 0.6 is 0 Å². The molecule has 0 atom stereocenters. The van der Waals surface area contributed by atoms with Gasteiger partial charge in [-0.2, -0.15) is 0 Å². The van der Waals surface area contributed by atoms with Crippen LogP contribution in [0.3, 0.4) is 0 Å².